The maximum atomic E-state index is 13.8. The molecule has 1 aromatic rings. The van der Waals surface area contributed by atoms with Crippen LogP contribution >= 0.6 is 44.1 Å². The van der Waals surface area contributed by atoms with Crippen LogP contribution in [0.15, 0.2) is 21.1 Å². The Balaban J connectivity index is 1.91. The van der Waals surface area contributed by atoms with Crippen LogP contribution in [-0.2, 0) is 4.74 Å². The summed E-state index contributed by atoms with van der Waals surface area (Å²) < 4.78 is 20.5. The van der Waals surface area contributed by atoms with Crippen molar-refractivity contribution in [1.29, 1.82) is 0 Å². The van der Waals surface area contributed by atoms with Crippen molar-refractivity contribution in [3.05, 3.63) is 26.9 Å². The lowest BCUT2D eigenvalue weighted by Crippen LogP contribution is -2.35. The molecule has 0 amide bonds. The van der Waals surface area contributed by atoms with Crippen LogP contribution in [0.1, 0.15) is 12.8 Å². The molecule has 0 radical (unpaired) electrons. The fraction of sp³-hybridized carbons (Fsp3) is 0.417. The minimum atomic E-state index is -0.373. The Morgan fingerprint density at radius 3 is 2.89 bits per heavy atom. The molecule has 1 atom stereocenters. The highest BCUT2D eigenvalue weighted by Crippen LogP contribution is 2.29. The van der Waals surface area contributed by atoms with E-state index in [-0.39, 0.29) is 11.9 Å². The average molecular weight is 412 g/mol. The first-order chi connectivity index (χ1) is 9.06. The SMILES string of the molecule is Fc1cc(Br)cc(Br)c1NC(=S)NCC1CCCO1. The number of hydrogen-bond acceptors (Lipinski definition) is 2. The molecule has 3 nitrogen and oxygen atoms in total. The highest BCUT2D eigenvalue weighted by molar-refractivity contribution is 9.11. The summed E-state index contributed by atoms with van der Waals surface area (Å²) in [5.41, 5.74) is 0.327. The molecule has 1 heterocycles. The summed E-state index contributed by atoms with van der Waals surface area (Å²) in [5, 5.41) is 6.28. The zero-order chi connectivity index (χ0) is 13.8. The highest BCUT2D eigenvalue weighted by Gasteiger charge is 2.16. The molecule has 0 aromatic heterocycles. The van der Waals surface area contributed by atoms with E-state index in [2.05, 4.69) is 42.5 Å². The molecule has 1 unspecified atom stereocenters. The zero-order valence-corrected chi connectivity index (χ0v) is 14.0. The molecule has 2 rings (SSSR count). The van der Waals surface area contributed by atoms with E-state index in [1.165, 1.54) is 6.07 Å². The third-order valence-electron chi connectivity index (χ3n) is 2.76. The minimum Gasteiger partial charge on any atom is -0.376 e. The molecule has 7 heteroatoms. The van der Waals surface area contributed by atoms with E-state index in [0.29, 0.717) is 26.3 Å². The van der Waals surface area contributed by atoms with E-state index in [1.807, 2.05) is 0 Å². The number of benzene rings is 1. The Labute approximate surface area is 133 Å². The van der Waals surface area contributed by atoms with Gasteiger partial charge in [0.1, 0.15) is 5.82 Å². The Morgan fingerprint density at radius 2 is 2.26 bits per heavy atom. The van der Waals surface area contributed by atoms with Gasteiger partial charge < -0.3 is 15.4 Å². The molecule has 1 saturated heterocycles. The molecule has 19 heavy (non-hydrogen) atoms. The van der Waals surface area contributed by atoms with Crippen LogP contribution in [0.3, 0.4) is 0 Å². The number of nitrogens with one attached hydrogen (secondary N) is 2. The number of rotatable bonds is 3. The molecule has 0 aliphatic carbocycles. The molecule has 1 aromatic carbocycles. The summed E-state index contributed by atoms with van der Waals surface area (Å²) in [6.07, 6.45) is 2.31. The fourth-order valence-corrected chi connectivity index (χ4v) is 3.29. The average Bonchev–Trinajstić information content (AvgIpc) is 2.84. The Bertz CT molecular complexity index is 458. The Kier molecular flexibility index (Phi) is 5.56. The molecule has 0 bridgehead atoms. The van der Waals surface area contributed by atoms with Crippen LogP contribution < -0.4 is 10.6 Å². The summed E-state index contributed by atoms with van der Waals surface area (Å²) in [4.78, 5) is 0. The quantitative estimate of drug-likeness (QED) is 0.741. The van der Waals surface area contributed by atoms with Crippen molar-refractivity contribution >= 4 is 54.9 Å². The summed E-state index contributed by atoms with van der Waals surface area (Å²) in [7, 11) is 0. The van der Waals surface area contributed by atoms with Gasteiger partial charge in [-0.2, -0.15) is 0 Å². The summed E-state index contributed by atoms with van der Waals surface area (Å²) >= 11 is 11.7. The van der Waals surface area contributed by atoms with E-state index in [4.69, 9.17) is 17.0 Å². The monoisotopic (exact) mass is 410 g/mol. The van der Waals surface area contributed by atoms with Gasteiger partial charge in [-0.05, 0) is 53.1 Å². The van der Waals surface area contributed by atoms with Crippen LogP contribution in [0.5, 0.6) is 0 Å². The van der Waals surface area contributed by atoms with Crippen molar-refractivity contribution in [1.82, 2.24) is 5.32 Å². The highest BCUT2D eigenvalue weighted by atomic mass is 79.9. The predicted octanol–water partition coefficient (Wildman–Crippen LogP) is 3.82. The molecule has 1 fully saturated rings. The van der Waals surface area contributed by atoms with Gasteiger partial charge in [0.2, 0.25) is 0 Å². The van der Waals surface area contributed by atoms with E-state index >= 15 is 0 Å². The fourth-order valence-electron chi connectivity index (χ4n) is 1.83. The van der Waals surface area contributed by atoms with Gasteiger partial charge in [-0.3, -0.25) is 0 Å². The Morgan fingerprint density at radius 1 is 1.47 bits per heavy atom. The van der Waals surface area contributed by atoms with Crippen LogP contribution in [-0.4, -0.2) is 24.4 Å². The maximum absolute atomic E-state index is 13.8. The normalized spacial score (nSPS) is 18.4. The lowest BCUT2D eigenvalue weighted by Gasteiger charge is -2.15. The Hall–Kier alpha value is -0.240. The molecule has 0 spiro atoms. The third kappa shape index (κ3) is 4.37. The van der Waals surface area contributed by atoms with Crippen molar-refractivity contribution in [2.75, 3.05) is 18.5 Å². The second-order valence-corrected chi connectivity index (χ2v) is 6.39. The summed E-state index contributed by atoms with van der Waals surface area (Å²) in [6, 6.07) is 3.14. The van der Waals surface area contributed by atoms with Crippen molar-refractivity contribution < 1.29 is 9.13 Å². The van der Waals surface area contributed by atoms with Crippen molar-refractivity contribution in [2.24, 2.45) is 0 Å². The van der Waals surface area contributed by atoms with Gasteiger partial charge in [-0.15, -0.1) is 0 Å². The number of halogens is 3. The van der Waals surface area contributed by atoms with Crippen LogP contribution in [0.25, 0.3) is 0 Å². The molecular weight excluding hydrogens is 399 g/mol. The maximum Gasteiger partial charge on any atom is 0.170 e. The predicted molar refractivity (Wildman–Crippen MR) is 85.0 cm³/mol. The summed E-state index contributed by atoms with van der Waals surface area (Å²) in [6.45, 7) is 1.45. The van der Waals surface area contributed by atoms with Crippen molar-refractivity contribution in [2.45, 2.75) is 18.9 Å². The second kappa shape index (κ2) is 6.97. The first-order valence-corrected chi connectivity index (χ1v) is 7.86. The molecule has 0 saturated carbocycles. The van der Waals surface area contributed by atoms with Crippen LogP contribution in [0, 0.1) is 5.82 Å². The standard InChI is InChI=1S/C12H13Br2FN2OS/c13-7-4-9(14)11(10(15)5-7)17-12(19)16-6-8-2-1-3-18-8/h4-5,8H,1-3,6H2,(H2,16,17,19). The number of ether oxygens (including phenoxy) is 1. The van der Waals surface area contributed by atoms with Crippen molar-refractivity contribution in [3.63, 3.8) is 0 Å². The molecule has 2 N–H and O–H groups in total. The first-order valence-electron chi connectivity index (χ1n) is 5.87. The van der Waals surface area contributed by atoms with Crippen molar-refractivity contribution in [3.8, 4) is 0 Å². The third-order valence-corrected chi connectivity index (χ3v) is 4.09. The second-order valence-electron chi connectivity index (χ2n) is 4.21. The van der Waals surface area contributed by atoms with Crippen LogP contribution in [0.2, 0.25) is 0 Å². The lowest BCUT2D eigenvalue weighted by molar-refractivity contribution is 0.114. The summed E-state index contributed by atoms with van der Waals surface area (Å²) in [5.74, 6) is -0.373. The van der Waals surface area contributed by atoms with Gasteiger partial charge >= 0.3 is 0 Å². The van der Waals surface area contributed by atoms with Gasteiger partial charge in [0, 0.05) is 22.1 Å². The van der Waals surface area contributed by atoms with Gasteiger partial charge in [-0.1, -0.05) is 15.9 Å². The number of hydrogen-bond donors (Lipinski definition) is 2. The lowest BCUT2D eigenvalue weighted by atomic mass is 10.2. The van der Waals surface area contributed by atoms with E-state index < -0.39 is 0 Å². The van der Waals surface area contributed by atoms with E-state index in [1.54, 1.807) is 6.07 Å². The van der Waals surface area contributed by atoms with E-state index in [0.717, 1.165) is 19.4 Å². The molecule has 1 aliphatic rings. The molecule has 1 aliphatic heterocycles. The largest absolute Gasteiger partial charge is 0.376 e. The van der Waals surface area contributed by atoms with E-state index in [9.17, 15) is 4.39 Å². The van der Waals surface area contributed by atoms with Gasteiger partial charge in [0.15, 0.2) is 5.11 Å². The molecular formula is C12H13Br2FN2OS. The number of thiocarbonyl (C=S) groups is 1. The molecule has 104 valence electrons. The van der Waals surface area contributed by atoms with Gasteiger partial charge in [-0.25, -0.2) is 4.39 Å². The van der Waals surface area contributed by atoms with Crippen LogP contribution in [0.4, 0.5) is 10.1 Å². The van der Waals surface area contributed by atoms with Gasteiger partial charge in [0.05, 0.1) is 11.8 Å². The first kappa shape index (κ1) is 15.2. The zero-order valence-electron chi connectivity index (χ0n) is 10.0. The van der Waals surface area contributed by atoms with Gasteiger partial charge in [0.25, 0.3) is 0 Å². The number of anilines is 1. The topological polar surface area (TPSA) is 33.3 Å². The smallest absolute Gasteiger partial charge is 0.170 e. The minimum absolute atomic E-state index is 0.193.